The highest BCUT2D eigenvalue weighted by molar-refractivity contribution is 5.44. The van der Waals surface area contributed by atoms with E-state index >= 15 is 0 Å². The van der Waals surface area contributed by atoms with Crippen LogP contribution in [0.1, 0.15) is 31.9 Å². The van der Waals surface area contributed by atoms with Gasteiger partial charge in [-0.15, -0.1) is 0 Å². The number of nitrogens with zero attached hydrogens (tertiary/aromatic N) is 3. The number of nitrogens with one attached hydrogen (secondary N) is 1. The Hall–Kier alpha value is -1.16. The van der Waals surface area contributed by atoms with Crippen molar-refractivity contribution < 1.29 is 0 Å². The molecule has 4 nitrogen and oxygen atoms in total. The Morgan fingerprint density at radius 2 is 2.24 bits per heavy atom. The molecular formula is C13H22N4. The van der Waals surface area contributed by atoms with E-state index in [1.165, 1.54) is 19.3 Å². The van der Waals surface area contributed by atoms with Crippen LogP contribution in [0.4, 0.5) is 5.82 Å². The minimum atomic E-state index is 0.581. The quantitative estimate of drug-likeness (QED) is 0.788. The first-order valence-corrected chi connectivity index (χ1v) is 6.58. The van der Waals surface area contributed by atoms with Gasteiger partial charge >= 0.3 is 0 Å². The Morgan fingerprint density at radius 3 is 3.00 bits per heavy atom. The molecule has 1 N–H and O–H groups in total. The lowest BCUT2D eigenvalue weighted by molar-refractivity contribution is 0.567. The van der Waals surface area contributed by atoms with Crippen LogP contribution in [0.15, 0.2) is 12.4 Å². The van der Waals surface area contributed by atoms with Gasteiger partial charge in [0.2, 0.25) is 0 Å². The van der Waals surface area contributed by atoms with E-state index in [1.807, 2.05) is 6.92 Å². The number of rotatable bonds is 5. The van der Waals surface area contributed by atoms with Gasteiger partial charge in [-0.05, 0) is 32.7 Å². The van der Waals surface area contributed by atoms with Crippen LogP contribution in [0.3, 0.4) is 0 Å². The van der Waals surface area contributed by atoms with Crippen LogP contribution in [-0.4, -0.2) is 35.6 Å². The zero-order valence-electron chi connectivity index (χ0n) is 10.8. The zero-order chi connectivity index (χ0) is 12.1. The molecular weight excluding hydrogens is 212 g/mol. The van der Waals surface area contributed by atoms with Gasteiger partial charge in [0.05, 0.1) is 5.69 Å². The monoisotopic (exact) mass is 234 g/mol. The van der Waals surface area contributed by atoms with Crippen LogP contribution >= 0.6 is 0 Å². The molecule has 0 bridgehead atoms. The summed E-state index contributed by atoms with van der Waals surface area (Å²) in [5.74, 6) is 1.06. The Balaban J connectivity index is 2.02. The molecule has 1 aromatic heterocycles. The van der Waals surface area contributed by atoms with Crippen LogP contribution in [-0.2, 0) is 0 Å². The summed E-state index contributed by atoms with van der Waals surface area (Å²) in [6, 6.07) is 0.581. The van der Waals surface area contributed by atoms with Crippen molar-refractivity contribution in [1.82, 2.24) is 15.3 Å². The molecule has 0 saturated carbocycles. The van der Waals surface area contributed by atoms with E-state index in [0.717, 1.165) is 31.1 Å². The first kappa shape index (κ1) is 12.3. The fourth-order valence-corrected chi connectivity index (χ4v) is 2.45. The van der Waals surface area contributed by atoms with E-state index in [9.17, 15) is 0 Å². The molecule has 0 aliphatic carbocycles. The molecule has 1 atom stereocenters. The zero-order valence-corrected chi connectivity index (χ0v) is 10.8. The second-order valence-corrected chi connectivity index (χ2v) is 4.66. The van der Waals surface area contributed by atoms with Gasteiger partial charge in [0.1, 0.15) is 5.82 Å². The summed E-state index contributed by atoms with van der Waals surface area (Å²) in [7, 11) is 0. The first-order valence-electron chi connectivity index (χ1n) is 6.58. The van der Waals surface area contributed by atoms with Gasteiger partial charge in [0.25, 0.3) is 0 Å². The standard InChI is InChI=1S/C13H22N4/c1-3-6-14-10-12-5-4-9-17(12)13-11(2)15-7-8-16-13/h7-8,12,14H,3-6,9-10H2,1-2H3. The molecule has 0 radical (unpaired) electrons. The minimum absolute atomic E-state index is 0.581. The lowest BCUT2D eigenvalue weighted by Gasteiger charge is -2.26. The van der Waals surface area contributed by atoms with E-state index in [0.29, 0.717) is 6.04 Å². The number of aromatic nitrogens is 2. The molecule has 94 valence electrons. The van der Waals surface area contributed by atoms with Crippen molar-refractivity contribution in [1.29, 1.82) is 0 Å². The van der Waals surface area contributed by atoms with Crippen molar-refractivity contribution in [2.24, 2.45) is 0 Å². The Morgan fingerprint density at radius 1 is 1.41 bits per heavy atom. The largest absolute Gasteiger partial charge is 0.351 e. The second-order valence-electron chi connectivity index (χ2n) is 4.66. The SMILES string of the molecule is CCCNCC1CCCN1c1nccnc1C. The van der Waals surface area contributed by atoms with Gasteiger partial charge in [-0.3, -0.25) is 4.98 Å². The normalized spacial score (nSPS) is 19.9. The molecule has 1 saturated heterocycles. The van der Waals surface area contributed by atoms with Crippen LogP contribution < -0.4 is 10.2 Å². The molecule has 1 aromatic rings. The fourth-order valence-electron chi connectivity index (χ4n) is 2.45. The van der Waals surface area contributed by atoms with Gasteiger partial charge < -0.3 is 10.2 Å². The summed E-state index contributed by atoms with van der Waals surface area (Å²) in [5.41, 5.74) is 1.04. The topological polar surface area (TPSA) is 41.0 Å². The molecule has 2 heterocycles. The van der Waals surface area contributed by atoms with Crippen LogP contribution in [0.5, 0.6) is 0 Å². The fraction of sp³-hybridized carbons (Fsp3) is 0.692. The molecule has 1 unspecified atom stereocenters. The van der Waals surface area contributed by atoms with Crippen molar-refractivity contribution in [2.45, 2.75) is 39.2 Å². The van der Waals surface area contributed by atoms with Gasteiger partial charge in [-0.25, -0.2) is 4.98 Å². The molecule has 0 aromatic carbocycles. The second kappa shape index (κ2) is 5.96. The lowest BCUT2D eigenvalue weighted by Crippen LogP contribution is -2.39. The predicted octanol–water partition coefficient (Wildman–Crippen LogP) is 1.75. The summed E-state index contributed by atoms with van der Waals surface area (Å²) >= 11 is 0. The Labute approximate surface area is 103 Å². The predicted molar refractivity (Wildman–Crippen MR) is 70.3 cm³/mol. The third kappa shape index (κ3) is 2.94. The van der Waals surface area contributed by atoms with Crippen LogP contribution in [0, 0.1) is 6.92 Å². The third-order valence-corrected chi connectivity index (χ3v) is 3.31. The van der Waals surface area contributed by atoms with Crippen molar-refractivity contribution >= 4 is 5.82 Å². The van der Waals surface area contributed by atoms with Gasteiger partial charge in [0.15, 0.2) is 0 Å². The molecule has 1 aliphatic heterocycles. The van der Waals surface area contributed by atoms with Gasteiger partial charge in [-0.2, -0.15) is 0 Å². The first-order chi connectivity index (χ1) is 8.33. The van der Waals surface area contributed by atoms with Crippen molar-refractivity contribution in [2.75, 3.05) is 24.5 Å². The molecule has 0 spiro atoms. The number of anilines is 1. The molecule has 0 amide bonds. The molecule has 2 rings (SSSR count). The molecule has 4 heteroatoms. The maximum atomic E-state index is 4.47. The van der Waals surface area contributed by atoms with Crippen LogP contribution in [0.2, 0.25) is 0 Å². The summed E-state index contributed by atoms with van der Waals surface area (Å²) in [6.45, 7) is 7.51. The number of hydrogen-bond acceptors (Lipinski definition) is 4. The Bertz CT molecular complexity index is 353. The highest BCUT2D eigenvalue weighted by Gasteiger charge is 2.26. The molecule has 1 fully saturated rings. The summed E-state index contributed by atoms with van der Waals surface area (Å²) < 4.78 is 0. The van der Waals surface area contributed by atoms with E-state index in [2.05, 4.69) is 27.1 Å². The summed E-state index contributed by atoms with van der Waals surface area (Å²) in [5, 5.41) is 3.51. The van der Waals surface area contributed by atoms with E-state index < -0.39 is 0 Å². The van der Waals surface area contributed by atoms with E-state index in [1.54, 1.807) is 12.4 Å². The van der Waals surface area contributed by atoms with Crippen LogP contribution in [0.25, 0.3) is 0 Å². The molecule has 17 heavy (non-hydrogen) atoms. The highest BCUT2D eigenvalue weighted by Crippen LogP contribution is 2.24. The van der Waals surface area contributed by atoms with Crippen molar-refractivity contribution in [3.05, 3.63) is 18.1 Å². The Kier molecular flexibility index (Phi) is 4.31. The van der Waals surface area contributed by atoms with Crippen molar-refractivity contribution in [3.63, 3.8) is 0 Å². The summed E-state index contributed by atoms with van der Waals surface area (Å²) in [4.78, 5) is 11.2. The number of hydrogen-bond donors (Lipinski definition) is 1. The van der Waals surface area contributed by atoms with E-state index in [-0.39, 0.29) is 0 Å². The summed E-state index contributed by atoms with van der Waals surface area (Å²) in [6.07, 6.45) is 7.26. The van der Waals surface area contributed by atoms with Crippen molar-refractivity contribution in [3.8, 4) is 0 Å². The maximum Gasteiger partial charge on any atom is 0.150 e. The average molecular weight is 234 g/mol. The van der Waals surface area contributed by atoms with E-state index in [4.69, 9.17) is 0 Å². The van der Waals surface area contributed by atoms with Gasteiger partial charge in [-0.1, -0.05) is 6.92 Å². The highest BCUT2D eigenvalue weighted by atomic mass is 15.2. The average Bonchev–Trinajstić information content (AvgIpc) is 2.78. The maximum absolute atomic E-state index is 4.47. The number of aryl methyl sites for hydroxylation is 1. The smallest absolute Gasteiger partial charge is 0.150 e. The molecule has 1 aliphatic rings. The third-order valence-electron chi connectivity index (χ3n) is 3.31. The van der Waals surface area contributed by atoms with Gasteiger partial charge in [0, 0.05) is 31.5 Å². The lowest BCUT2D eigenvalue weighted by atomic mass is 10.2. The minimum Gasteiger partial charge on any atom is -0.351 e.